The lowest BCUT2D eigenvalue weighted by atomic mass is 9.67. The van der Waals surface area contributed by atoms with Gasteiger partial charge in [0.1, 0.15) is 0 Å². The van der Waals surface area contributed by atoms with Crippen LogP contribution in [0.3, 0.4) is 0 Å². The van der Waals surface area contributed by atoms with Gasteiger partial charge in [-0.05, 0) is 36.6 Å². The molecule has 2 aromatic rings. The fraction of sp³-hybridized carbons (Fsp3) is 0.400. The maximum absolute atomic E-state index is 14.1. The summed E-state index contributed by atoms with van der Waals surface area (Å²) in [6.07, 6.45) is 2.98. The third-order valence-corrected chi connectivity index (χ3v) is 6.74. The lowest BCUT2D eigenvalue weighted by Crippen LogP contribution is -2.72. The number of fused-ring (bicyclic) bond motifs is 1. The Labute approximate surface area is 197 Å². The number of amides is 4. The summed E-state index contributed by atoms with van der Waals surface area (Å²) < 4.78 is 0. The Morgan fingerprint density at radius 1 is 1.09 bits per heavy atom. The molecule has 2 heterocycles. The van der Waals surface area contributed by atoms with Crippen LogP contribution in [-0.2, 0) is 16.0 Å². The number of imide groups is 2. The minimum atomic E-state index is -1.59. The molecule has 4 amide bonds. The van der Waals surface area contributed by atoms with Gasteiger partial charge in [0.2, 0.25) is 5.91 Å². The predicted octanol–water partition coefficient (Wildman–Crippen LogP) is 4.20. The van der Waals surface area contributed by atoms with Crippen LogP contribution in [0.15, 0.2) is 48.5 Å². The number of barbiturate groups is 1. The van der Waals surface area contributed by atoms with Crippen molar-refractivity contribution < 1.29 is 19.3 Å². The van der Waals surface area contributed by atoms with Gasteiger partial charge in [-0.25, -0.2) is 9.69 Å². The Bertz CT molecular complexity index is 1140. The van der Waals surface area contributed by atoms with Gasteiger partial charge in [-0.15, -0.1) is 0 Å². The Kier molecular flexibility index (Phi) is 6.37. The number of para-hydroxylation sites is 1. The lowest BCUT2D eigenvalue weighted by Gasteiger charge is -2.52. The minimum Gasteiger partial charge on any atom is -0.367 e. The normalized spacial score (nSPS) is 22.1. The zero-order valence-electron chi connectivity index (χ0n) is 19.3. The number of carbonyl (C=O) groups excluding carboxylic acids is 3. The fourth-order valence-electron chi connectivity index (χ4n) is 5.15. The van der Waals surface area contributed by atoms with Gasteiger partial charge in [0.15, 0.2) is 5.41 Å². The molecule has 9 heteroatoms. The molecule has 2 aromatic carbocycles. The highest BCUT2D eigenvalue weighted by molar-refractivity contribution is 6.30. The molecule has 4 rings (SSSR count). The van der Waals surface area contributed by atoms with E-state index in [0.717, 1.165) is 29.8 Å². The standard InChI is InChI=1S/C25H28N4O5/c1-3-5-14-27-20-13-12-19(29(33)34)15-17(20)16-25(21(27)9-4-2)22(30)26-24(32)28(23(25)31)18-10-7-6-8-11-18/h6-8,10-13,15,21H,3-5,9,14,16H2,1-2H3,(H,26,30,32)/t21-,25+/m1/s1. The van der Waals surface area contributed by atoms with Gasteiger partial charge in [0.05, 0.1) is 16.7 Å². The molecule has 178 valence electrons. The second kappa shape index (κ2) is 9.24. The van der Waals surface area contributed by atoms with E-state index < -0.39 is 34.2 Å². The van der Waals surface area contributed by atoms with E-state index in [-0.39, 0.29) is 12.1 Å². The number of rotatable bonds is 7. The molecule has 1 spiro atoms. The molecule has 0 bridgehead atoms. The minimum absolute atomic E-state index is 0.0153. The van der Waals surface area contributed by atoms with E-state index in [2.05, 4.69) is 12.2 Å². The number of benzene rings is 2. The molecule has 9 nitrogen and oxygen atoms in total. The van der Waals surface area contributed by atoms with Gasteiger partial charge in [-0.2, -0.15) is 0 Å². The zero-order valence-corrected chi connectivity index (χ0v) is 19.3. The number of hydrogen-bond acceptors (Lipinski definition) is 6. The number of unbranched alkanes of at least 4 members (excludes halogenated alkanes) is 1. The van der Waals surface area contributed by atoms with Crippen molar-refractivity contribution >= 4 is 34.9 Å². The highest BCUT2D eigenvalue weighted by Crippen LogP contribution is 2.47. The average molecular weight is 465 g/mol. The van der Waals surface area contributed by atoms with Crippen molar-refractivity contribution in [3.63, 3.8) is 0 Å². The maximum atomic E-state index is 14.1. The van der Waals surface area contributed by atoms with E-state index in [1.54, 1.807) is 36.4 Å². The summed E-state index contributed by atoms with van der Waals surface area (Å²) in [5.41, 5.74) is 0.0424. The van der Waals surface area contributed by atoms with Gasteiger partial charge < -0.3 is 4.90 Å². The van der Waals surface area contributed by atoms with Crippen LogP contribution in [0.4, 0.5) is 21.9 Å². The van der Waals surface area contributed by atoms with Gasteiger partial charge in [0.25, 0.3) is 11.6 Å². The SMILES string of the molecule is CCCCN1c2ccc([N+](=O)[O-])cc2C[C@@]2(C(=O)NC(=O)N(c3ccccc3)C2=O)[C@H]1CCC. The second-order valence-electron chi connectivity index (χ2n) is 8.81. The van der Waals surface area contributed by atoms with E-state index in [4.69, 9.17) is 0 Å². The molecule has 34 heavy (non-hydrogen) atoms. The van der Waals surface area contributed by atoms with Crippen LogP contribution in [0.1, 0.15) is 45.1 Å². The van der Waals surface area contributed by atoms with Crippen molar-refractivity contribution in [1.82, 2.24) is 5.32 Å². The van der Waals surface area contributed by atoms with Gasteiger partial charge >= 0.3 is 6.03 Å². The molecule has 2 aliphatic heterocycles. The first-order chi connectivity index (χ1) is 16.3. The molecule has 2 atom stereocenters. The molecule has 0 saturated carbocycles. The number of nitro groups is 1. The summed E-state index contributed by atoms with van der Waals surface area (Å²) in [5.74, 6) is -1.24. The number of carbonyl (C=O) groups is 3. The summed E-state index contributed by atoms with van der Waals surface area (Å²) >= 11 is 0. The number of hydrogen-bond donors (Lipinski definition) is 1. The number of urea groups is 1. The molecule has 0 radical (unpaired) electrons. The van der Waals surface area contributed by atoms with Crippen molar-refractivity contribution in [3.05, 3.63) is 64.2 Å². The molecule has 1 fully saturated rings. The highest BCUT2D eigenvalue weighted by Gasteiger charge is 2.62. The molecule has 2 aliphatic rings. The molecule has 0 aliphatic carbocycles. The van der Waals surface area contributed by atoms with Crippen molar-refractivity contribution in [1.29, 1.82) is 0 Å². The number of anilines is 2. The number of nitrogens with one attached hydrogen (secondary N) is 1. The second-order valence-corrected chi connectivity index (χ2v) is 8.81. The zero-order chi connectivity index (χ0) is 24.5. The first-order valence-corrected chi connectivity index (χ1v) is 11.6. The van der Waals surface area contributed by atoms with Crippen molar-refractivity contribution in [2.75, 3.05) is 16.3 Å². The van der Waals surface area contributed by atoms with Crippen molar-refractivity contribution in [3.8, 4) is 0 Å². The molecular weight excluding hydrogens is 436 g/mol. The van der Waals surface area contributed by atoms with Gasteiger partial charge in [0, 0.05) is 30.8 Å². The fourth-order valence-corrected chi connectivity index (χ4v) is 5.15. The molecule has 1 N–H and O–H groups in total. The number of non-ortho nitro benzene ring substituents is 1. The smallest absolute Gasteiger partial charge is 0.335 e. The van der Waals surface area contributed by atoms with Crippen molar-refractivity contribution in [2.24, 2.45) is 5.41 Å². The molecule has 0 unspecified atom stereocenters. The molecule has 1 saturated heterocycles. The Balaban J connectivity index is 1.91. The third kappa shape index (κ3) is 3.70. The van der Waals surface area contributed by atoms with E-state index in [1.807, 2.05) is 11.8 Å². The van der Waals surface area contributed by atoms with E-state index >= 15 is 0 Å². The largest absolute Gasteiger partial charge is 0.367 e. The summed E-state index contributed by atoms with van der Waals surface area (Å²) in [4.78, 5) is 54.6. The molecule has 0 aromatic heterocycles. The first-order valence-electron chi connectivity index (χ1n) is 11.6. The lowest BCUT2D eigenvalue weighted by molar-refractivity contribution is -0.384. The predicted molar refractivity (Wildman–Crippen MR) is 128 cm³/mol. The van der Waals surface area contributed by atoms with E-state index in [0.29, 0.717) is 24.2 Å². The maximum Gasteiger partial charge on any atom is 0.335 e. The van der Waals surface area contributed by atoms with Crippen LogP contribution in [0.5, 0.6) is 0 Å². The van der Waals surface area contributed by atoms with Crippen LogP contribution in [0.25, 0.3) is 0 Å². The summed E-state index contributed by atoms with van der Waals surface area (Å²) in [5, 5.41) is 13.9. The van der Waals surface area contributed by atoms with Crippen LogP contribution in [0.2, 0.25) is 0 Å². The summed E-state index contributed by atoms with van der Waals surface area (Å²) in [6.45, 7) is 4.63. The highest BCUT2D eigenvalue weighted by atomic mass is 16.6. The van der Waals surface area contributed by atoms with Crippen molar-refractivity contribution in [2.45, 2.75) is 52.0 Å². The van der Waals surface area contributed by atoms with E-state index in [1.165, 1.54) is 12.1 Å². The monoisotopic (exact) mass is 464 g/mol. The van der Waals surface area contributed by atoms with Crippen LogP contribution in [-0.4, -0.2) is 35.4 Å². The van der Waals surface area contributed by atoms with Crippen LogP contribution < -0.4 is 15.1 Å². The Hall–Kier alpha value is -3.75. The molecular formula is C25H28N4O5. The average Bonchev–Trinajstić information content (AvgIpc) is 2.82. The Morgan fingerprint density at radius 2 is 1.82 bits per heavy atom. The summed E-state index contributed by atoms with van der Waals surface area (Å²) in [6, 6.07) is 11.8. The van der Waals surface area contributed by atoms with Gasteiger partial charge in [-0.1, -0.05) is 44.9 Å². The van der Waals surface area contributed by atoms with Crippen LogP contribution in [0, 0.1) is 15.5 Å². The topological polar surface area (TPSA) is 113 Å². The quantitative estimate of drug-likeness (QED) is 0.373. The number of nitro benzene ring substituents is 1. The van der Waals surface area contributed by atoms with E-state index in [9.17, 15) is 24.5 Å². The summed E-state index contributed by atoms with van der Waals surface area (Å²) in [7, 11) is 0. The third-order valence-electron chi connectivity index (χ3n) is 6.74. The van der Waals surface area contributed by atoms with Gasteiger partial charge in [-0.3, -0.25) is 25.0 Å². The number of nitrogens with zero attached hydrogens (tertiary/aromatic N) is 3. The Morgan fingerprint density at radius 3 is 2.47 bits per heavy atom. The van der Waals surface area contributed by atoms with Crippen LogP contribution >= 0.6 is 0 Å². The first kappa shape index (κ1) is 23.4.